The Balaban J connectivity index is 1.01. The number of ether oxygens (including phenoxy) is 4. The Morgan fingerprint density at radius 2 is 1.91 bits per heavy atom. The summed E-state index contributed by atoms with van der Waals surface area (Å²) in [5.41, 5.74) is 0.277. The molecule has 0 spiro atoms. The van der Waals surface area contributed by atoms with Gasteiger partial charge in [-0.15, -0.1) is 11.3 Å². The quantitative estimate of drug-likeness (QED) is 0.128. The molecular weight excluding hydrogens is 770 g/mol. The van der Waals surface area contributed by atoms with Crippen LogP contribution in [0.15, 0.2) is 52.7 Å². The smallest absolute Gasteiger partial charge is 0.407 e. The molecule has 2 aliphatic heterocycles. The van der Waals surface area contributed by atoms with Gasteiger partial charge in [-0.25, -0.2) is 27.6 Å². The Morgan fingerprint density at radius 1 is 1.13 bits per heavy atom. The van der Waals surface area contributed by atoms with Gasteiger partial charge in [0.2, 0.25) is 10.0 Å². The van der Waals surface area contributed by atoms with Crippen LogP contribution in [0.5, 0.6) is 5.75 Å². The van der Waals surface area contributed by atoms with E-state index in [0.717, 1.165) is 39.8 Å². The Kier molecular flexibility index (Phi) is 10.8. The number of sulfonamides is 1. The lowest BCUT2D eigenvalue weighted by Crippen LogP contribution is -2.53. The van der Waals surface area contributed by atoms with Gasteiger partial charge in [0.15, 0.2) is 11.4 Å². The molecule has 2 aromatic heterocycles. The number of thiazole rings is 2. The number of nitrogens with zero attached hydrogens (tertiary/aromatic N) is 3. The maximum absolute atomic E-state index is 15.4. The van der Waals surface area contributed by atoms with Crippen molar-refractivity contribution in [2.24, 2.45) is 17.8 Å². The first-order chi connectivity index (χ1) is 26.3. The van der Waals surface area contributed by atoms with Crippen molar-refractivity contribution in [3.8, 4) is 5.75 Å². The first kappa shape index (κ1) is 38.4. The second-order valence-electron chi connectivity index (χ2n) is 15.6. The van der Waals surface area contributed by atoms with Gasteiger partial charge in [-0.05, 0) is 82.3 Å². The molecule has 4 heterocycles. The van der Waals surface area contributed by atoms with E-state index in [1.165, 1.54) is 37.3 Å². The zero-order valence-electron chi connectivity index (χ0n) is 30.9. The third-order valence-corrected chi connectivity index (χ3v) is 14.2. The Morgan fingerprint density at radius 3 is 2.64 bits per heavy atom. The first-order valence-electron chi connectivity index (χ1n) is 18.6. The molecule has 4 fully saturated rings. The van der Waals surface area contributed by atoms with E-state index in [2.05, 4.69) is 20.6 Å². The van der Waals surface area contributed by atoms with Gasteiger partial charge >= 0.3 is 6.09 Å². The molecule has 7 atom stereocenters. The molecule has 296 valence electrons. The topological polar surface area (TPSA) is 161 Å². The van der Waals surface area contributed by atoms with Crippen LogP contribution < -0.4 is 15.4 Å². The Bertz CT molecular complexity index is 2100. The molecule has 4 aliphatic rings. The summed E-state index contributed by atoms with van der Waals surface area (Å²) < 4.78 is 69.0. The molecule has 1 amide bonds. The minimum Gasteiger partial charge on any atom is -0.487 e. The van der Waals surface area contributed by atoms with Gasteiger partial charge in [-0.2, -0.15) is 4.31 Å². The molecular formula is C38H46FN5O8S3. The van der Waals surface area contributed by atoms with Crippen LogP contribution in [0.25, 0.3) is 10.2 Å². The normalized spacial score (nSPS) is 24.6. The Labute approximate surface area is 327 Å². The van der Waals surface area contributed by atoms with Crippen molar-refractivity contribution in [1.82, 2.24) is 19.6 Å². The number of alkyl carbamates (subject to hydrolysis) is 1. The van der Waals surface area contributed by atoms with Crippen molar-refractivity contribution in [2.45, 2.75) is 94.2 Å². The largest absolute Gasteiger partial charge is 0.487 e. The van der Waals surface area contributed by atoms with E-state index in [4.69, 9.17) is 18.9 Å². The lowest BCUT2D eigenvalue weighted by molar-refractivity contribution is -0.169. The van der Waals surface area contributed by atoms with E-state index in [1.54, 1.807) is 29.5 Å². The van der Waals surface area contributed by atoms with Gasteiger partial charge < -0.3 is 34.7 Å². The molecule has 2 saturated heterocycles. The molecule has 2 aromatic carbocycles. The molecule has 13 nitrogen and oxygen atoms in total. The molecule has 4 aromatic rings. The fourth-order valence-corrected chi connectivity index (χ4v) is 11.0. The Hall–Kier alpha value is -3.45. The van der Waals surface area contributed by atoms with E-state index in [-0.39, 0.29) is 35.4 Å². The molecule has 17 heteroatoms. The number of alkyl halides is 1. The number of aliphatic hydroxyl groups is 1. The number of fused-ring (bicyclic) bond motifs is 2. The third kappa shape index (κ3) is 8.92. The lowest BCUT2D eigenvalue weighted by Gasteiger charge is -2.32. The van der Waals surface area contributed by atoms with Crippen LogP contribution in [0.3, 0.4) is 0 Å². The van der Waals surface area contributed by atoms with Crippen molar-refractivity contribution in [2.75, 3.05) is 31.6 Å². The summed E-state index contributed by atoms with van der Waals surface area (Å²) in [6, 6.07) is 11.2. The van der Waals surface area contributed by atoms with Crippen LogP contribution in [0.4, 0.5) is 14.3 Å². The number of nitrogens with one attached hydrogen (secondary N) is 2. The summed E-state index contributed by atoms with van der Waals surface area (Å²) in [4.78, 5) is 22.6. The highest BCUT2D eigenvalue weighted by Crippen LogP contribution is 2.49. The predicted molar refractivity (Wildman–Crippen MR) is 206 cm³/mol. The molecule has 0 radical (unpaired) electrons. The van der Waals surface area contributed by atoms with Crippen LogP contribution in [0.1, 0.15) is 49.4 Å². The summed E-state index contributed by atoms with van der Waals surface area (Å²) in [7, 11) is -4.33. The minimum absolute atomic E-state index is 0.0104. The summed E-state index contributed by atoms with van der Waals surface area (Å²) in [6.07, 6.45) is 0.198. The third-order valence-electron chi connectivity index (χ3n) is 10.6. The second-order valence-corrected chi connectivity index (χ2v) is 19.7. The number of hydrogen-bond donors (Lipinski definition) is 3. The number of halogens is 1. The van der Waals surface area contributed by atoms with Crippen molar-refractivity contribution in [3.05, 3.63) is 64.1 Å². The summed E-state index contributed by atoms with van der Waals surface area (Å²) in [5.74, 6) is 0.817. The number of carbonyl (C=O) groups is 1. The van der Waals surface area contributed by atoms with Gasteiger partial charge in [-0.3, -0.25) is 0 Å². The van der Waals surface area contributed by atoms with Crippen molar-refractivity contribution in [1.29, 1.82) is 0 Å². The number of carbonyl (C=O) groups excluding carboxylic acids is 1. The van der Waals surface area contributed by atoms with Crippen LogP contribution in [0, 0.1) is 24.7 Å². The van der Waals surface area contributed by atoms with E-state index in [1.807, 2.05) is 24.4 Å². The maximum atomic E-state index is 15.4. The highest BCUT2D eigenvalue weighted by molar-refractivity contribution is 7.89. The highest BCUT2D eigenvalue weighted by Gasteiger charge is 2.56. The molecule has 55 heavy (non-hydrogen) atoms. The average Bonchev–Trinajstić information content (AvgIpc) is 3.42. The SMILES string of the molecule is Cc1nc(COc2ccc(CC(NC(=O)OC3C4COC5OCC3C5C4)C(O)CN(CC(C)(C)F)S(=O)(=O)c3ccc4nc(NC5CC5)sc4c3)cc2)cs1. The van der Waals surface area contributed by atoms with Crippen LogP contribution in [-0.2, 0) is 37.3 Å². The number of aliphatic hydroxyl groups excluding tert-OH is 1. The number of amides is 1. The van der Waals surface area contributed by atoms with Gasteiger partial charge in [0.1, 0.15) is 24.1 Å². The van der Waals surface area contributed by atoms with E-state index in [9.17, 15) is 18.3 Å². The number of anilines is 1. The van der Waals surface area contributed by atoms with E-state index >= 15 is 4.39 Å². The zero-order valence-corrected chi connectivity index (χ0v) is 33.3. The monoisotopic (exact) mass is 815 g/mol. The fraction of sp³-hybridized carbons (Fsp3) is 0.553. The first-order valence-corrected chi connectivity index (χ1v) is 21.8. The van der Waals surface area contributed by atoms with Crippen LogP contribution >= 0.6 is 22.7 Å². The minimum atomic E-state index is -4.33. The van der Waals surface area contributed by atoms with Crippen molar-refractivity contribution >= 4 is 54.1 Å². The summed E-state index contributed by atoms with van der Waals surface area (Å²) >= 11 is 2.90. The highest BCUT2D eigenvalue weighted by atomic mass is 32.2. The van der Waals surface area contributed by atoms with Crippen molar-refractivity contribution < 1.29 is 41.7 Å². The molecule has 8 rings (SSSR count). The van der Waals surface area contributed by atoms with E-state index < -0.39 is 53.1 Å². The van der Waals surface area contributed by atoms with Gasteiger partial charge in [0.25, 0.3) is 0 Å². The van der Waals surface area contributed by atoms with Crippen molar-refractivity contribution in [3.63, 3.8) is 0 Å². The van der Waals surface area contributed by atoms with E-state index in [0.29, 0.717) is 47.0 Å². The van der Waals surface area contributed by atoms with Gasteiger partial charge in [-0.1, -0.05) is 23.5 Å². The molecule has 2 saturated carbocycles. The second kappa shape index (κ2) is 15.5. The molecule has 2 bridgehead atoms. The number of rotatable bonds is 16. The van der Waals surface area contributed by atoms with Crippen LogP contribution in [0.2, 0.25) is 0 Å². The summed E-state index contributed by atoms with van der Waals surface area (Å²) in [6.45, 7) is 4.65. The number of benzene rings is 2. The van der Waals surface area contributed by atoms with Gasteiger partial charge in [0, 0.05) is 42.3 Å². The van der Waals surface area contributed by atoms with Crippen LogP contribution in [-0.4, -0.2) is 96.4 Å². The standard InChI is InChI=1S/C38H46FN5O8S3/c1-21-40-25(19-53-21)17-49-26-8-4-22(5-9-26)12-31(43-37(46)52-34-23-13-28-29(34)18-51-35(28)50-16-23)32(45)15-44(20-38(2,3)39)55(47,48)27-10-11-30-33(14-27)54-36(42-30)41-24-6-7-24/h4-5,8-11,14,19,23-24,28-29,31-32,34-35,45H,6-7,12-13,15-18,20H2,1-3H3,(H,41,42)(H,43,46). The van der Waals surface area contributed by atoms with Gasteiger partial charge in [0.05, 0.1) is 51.2 Å². The maximum Gasteiger partial charge on any atom is 0.407 e. The molecule has 7 unspecified atom stereocenters. The average molecular weight is 816 g/mol. The number of aryl methyl sites for hydroxylation is 1. The zero-order chi connectivity index (χ0) is 38.5. The fourth-order valence-electron chi connectivity index (χ4n) is 7.73. The molecule has 2 aliphatic carbocycles. The number of aromatic nitrogens is 2. The number of hydrogen-bond acceptors (Lipinski definition) is 13. The predicted octanol–water partition coefficient (Wildman–Crippen LogP) is 5.66. The molecule has 3 N–H and O–H groups in total. The summed E-state index contributed by atoms with van der Waals surface area (Å²) in [5, 5.41) is 21.7. The lowest BCUT2D eigenvalue weighted by atomic mass is 9.98.